The molecule has 5 nitrogen and oxygen atoms in total. The number of nitrogens with zero attached hydrogens (tertiary/aromatic N) is 1. The van der Waals surface area contributed by atoms with Gasteiger partial charge in [-0.05, 0) is 29.8 Å². The van der Waals surface area contributed by atoms with E-state index in [2.05, 4.69) is 6.07 Å². The smallest absolute Gasteiger partial charge is 0.205 e. The molecule has 1 aliphatic heterocycles. The number of rotatable bonds is 3. The van der Waals surface area contributed by atoms with E-state index in [1.807, 2.05) is 42.5 Å². The first-order chi connectivity index (χ1) is 12.7. The lowest BCUT2D eigenvalue weighted by molar-refractivity contribution is 0.354. The van der Waals surface area contributed by atoms with E-state index in [-0.39, 0.29) is 11.8 Å². The molecule has 2 aromatic carbocycles. The number of hydrogen-bond acceptors (Lipinski definition) is 6. The third-order valence-corrected chi connectivity index (χ3v) is 5.68. The second-order valence-electron chi connectivity index (χ2n) is 5.83. The predicted octanol–water partition coefficient (Wildman–Crippen LogP) is 4.14. The number of methoxy groups -OCH3 is 2. The predicted molar refractivity (Wildman–Crippen MR) is 101 cm³/mol. The molecule has 1 atom stereocenters. The van der Waals surface area contributed by atoms with Crippen LogP contribution in [-0.2, 0) is 0 Å². The van der Waals surface area contributed by atoms with Crippen LogP contribution in [0.3, 0.4) is 0 Å². The number of hydrogen-bond donors (Lipinski definition) is 1. The van der Waals surface area contributed by atoms with Crippen molar-refractivity contribution in [3.63, 3.8) is 0 Å². The summed E-state index contributed by atoms with van der Waals surface area (Å²) in [6.07, 6.45) is 0. The molecule has 0 aliphatic carbocycles. The zero-order chi connectivity index (χ0) is 18.3. The molecule has 0 saturated carbocycles. The number of allylic oxidation sites excluding steroid dienone is 1. The highest BCUT2D eigenvalue weighted by Gasteiger charge is 2.34. The maximum atomic E-state index is 9.70. The molecule has 2 N–H and O–H groups in total. The van der Waals surface area contributed by atoms with Gasteiger partial charge in [-0.15, -0.1) is 11.3 Å². The Morgan fingerprint density at radius 2 is 1.88 bits per heavy atom. The Labute approximate surface area is 154 Å². The zero-order valence-electron chi connectivity index (χ0n) is 14.3. The zero-order valence-corrected chi connectivity index (χ0v) is 15.1. The van der Waals surface area contributed by atoms with Crippen molar-refractivity contribution in [3.05, 3.63) is 64.4 Å². The van der Waals surface area contributed by atoms with Crippen molar-refractivity contribution in [1.82, 2.24) is 0 Å². The maximum absolute atomic E-state index is 9.70. The molecule has 3 aromatic rings. The molecule has 130 valence electrons. The van der Waals surface area contributed by atoms with E-state index in [0.717, 1.165) is 26.3 Å². The van der Waals surface area contributed by atoms with Crippen LogP contribution >= 0.6 is 11.3 Å². The van der Waals surface area contributed by atoms with Crippen molar-refractivity contribution < 1.29 is 14.2 Å². The van der Waals surface area contributed by atoms with Gasteiger partial charge in [0, 0.05) is 10.1 Å². The Morgan fingerprint density at radius 3 is 2.62 bits per heavy atom. The van der Waals surface area contributed by atoms with Crippen LogP contribution in [0.15, 0.2) is 53.9 Å². The Kier molecular flexibility index (Phi) is 3.94. The lowest BCUT2D eigenvalue weighted by Crippen LogP contribution is -2.19. The maximum Gasteiger partial charge on any atom is 0.205 e. The van der Waals surface area contributed by atoms with Gasteiger partial charge in [0.25, 0.3) is 0 Å². The van der Waals surface area contributed by atoms with Gasteiger partial charge in [0.15, 0.2) is 17.2 Å². The van der Waals surface area contributed by atoms with Crippen LogP contribution in [0.1, 0.15) is 16.4 Å². The van der Waals surface area contributed by atoms with E-state index in [1.54, 1.807) is 25.6 Å². The molecule has 0 spiro atoms. The Bertz CT molecular complexity index is 1080. The number of fused-ring (bicyclic) bond motifs is 3. The molecule has 6 heteroatoms. The van der Waals surface area contributed by atoms with Crippen LogP contribution in [0.2, 0.25) is 0 Å². The van der Waals surface area contributed by atoms with Crippen LogP contribution in [-0.4, -0.2) is 14.2 Å². The lowest BCUT2D eigenvalue weighted by atomic mass is 9.88. The van der Waals surface area contributed by atoms with Crippen molar-refractivity contribution in [3.8, 4) is 23.3 Å². The number of thiophene rings is 1. The minimum absolute atomic E-state index is 0.142. The van der Waals surface area contributed by atoms with E-state index in [4.69, 9.17) is 19.9 Å². The first kappa shape index (κ1) is 16.3. The van der Waals surface area contributed by atoms with Gasteiger partial charge in [0.2, 0.25) is 5.88 Å². The number of nitriles is 1. The largest absolute Gasteiger partial charge is 0.493 e. The van der Waals surface area contributed by atoms with E-state index < -0.39 is 0 Å². The molecular weight excluding hydrogens is 348 g/mol. The number of benzene rings is 2. The summed E-state index contributed by atoms with van der Waals surface area (Å²) in [5.41, 5.74) is 7.39. The van der Waals surface area contributed by atoms with Gasteiger partial charge in [-0.3, -0.25) is 0 Å². The summed E-state index contributed by atoms with van der Waals surface area (Å²) in [5, 5.41) is 10.7. The minimum Gasteiger partial charge on any atom is -0.493 e. The van der Waals surface area contributed by atoms with E-state index in [1.165, 1.54) is 0 Å². The highest BCUT2D eigenvalue weighted by atomic mass is 32.1. The molecule has 1 aliphatic rings. The van der Waals surface area contributed by atoms with Crippen LogP contribution in [0, 0.1) is 11.3 Å². The highest BCUT2D eigenvalue weighted by Crippen LogP contribution is 2.50. The molecule has 2 heterocycles. The van der Waals surface area contributed by atoms with Gasteiger partial charge in [-0.1, -0.05) is 18.2 Å². The van der Waals surface area contributed by atoms with Crippen molar-refractivity contribution in [2.24, 2.45) is 5.73 Å². The molecule has 0 amide bonds. The average Bonchev–Trinajstić information content (AvgIpc) is 3.04. The highest BCUT2D eigenvalue weighted by molar-refractivity contribution is 7.19. The molecule has 1 aromatic heterocycles. The standard InChI is InChI=1S/C20H16N2O3S/c1-23-14-8-7-11(9-15(14)24-2)17-13(10-21)20(22)25-18-12-5-3-4-6-16(12)26-19(17)18/h3-9,17H,22H2,1-2H3/t17-/m0/s1. The summed E-state index contributed by atoms with van der Waals surface area (Å²) in [7, 11) is 3.18. The molecule has 26 heavy (non-hydrogen) atoms. The molecule has 4 rings (SSSR count). The Hall–Kier alpha value is -3.17. The first-order valence-corrected chi connectivity index (χ1v) is 8.80. The van der Waals surface area contributed by atoms with Crippen LogP contribution in [0.5, 0.6) is 17.2 Å². The van der Waals surface area contributed by atoms with Crippen LogP contribution < -0.4 is 19.9 Å². The van der Waals surface area contributed by atoms with Crippen molar-refractivity contribution in [2.45, 2.75) is 5.92 Å². The van der Waals surface area contributed by atoms with Crippen LogP contribution in [0.25, 0.3) is 10.1 Å². The fourth-order valence-corrected chi connectivity index (χ4v) is 4.51. The topological polar surface area (TPSA) is 77.5 Å². The third-order valence-electron chi connectivity index (χ3n) is 4.47. The fraction of sp³-hybridized carbons (Fsp3) is 0.150. The summed E-state index contributed by atoms with van der Waals surface area (Å²) >= 11 is 1.61. The van der Waals surface area contributed by atoms with E-state index in [9.17, 15) is 5.26 Å². The molecule has 0 radical (unpaired) electrons. The van der Waals surface area contributed by atoms with Gasteiger partial charge in [0.1, 0.15) is 11.6 Å². The SMILES string of the molecule is COc1ccc([C@H]2C(C#N)=C(N)Oc3c2sc2ccccc32)cc1OC. The van der Waals surface area contributed by atoms with Gasteiger partial charge in [-0.25, -0.2) is 0 Å². The van der Waals surface area contributed by atoms with Gasteiger partial charge in [0.05, 0.1) is 25.0 Å². The number of ether oxygens (including phenoxy) is 3. The van der Waals surface area contributed by atoms with Crippen LogP contribution in [0.4, 0.5) is 0 Å². The second kappa shape index (κ2) is 6.28. The van der Waals surface area contributed by atoms with E-state index in [0.29, 0.717) is 17.1 Å². The summed E-state index contributed by atoms with van der Waals surface area (Å²) in [6, 6.07) is 15.8. The normalized spacial score (nSPS) is 16.0. The quantitative estimate of drug-likeness (QED) is 0.756. The molecule has 0 fully saturated rings. The van der Waals surface area contributed by atoms with Gasteiger partial charge >= 0.3 is 0 Å². The lowest BCUT2D eigenvalue weighted by Gasteiger charge is -2.24. The minimum atomic E-state index is -0.305. The summed E-state index contributed by atoms with van der Waals surface area (Å²) in [5.74, 6) is 1.80. The monoisotopic (exact) mass is 364 g/mol. The number of nitrogens with two attached hydrogens (primary N) is 1. The third kappa shape index (κ3) is 2.37. The first-order valence-electron chi connectivity index (χ1n) is 7.98. The molecule has 0 bridgehead atoms. The summed E-state index contributed by atoms with van der Waals surface area (Å²) in [6.45, 7) is 0. The van der Waals surface area contributed by atoms with E-state index >= 15 is 0 Å². The van der Waals surface area contributed by atoms with Gasteiger partial charge < -0.3 is 19.9 Å². The summed E-state index contributed by atoms with van der Waals surface area (Å²) in [4.78, 5) is 0.962. The van der Waals surface area contributed by atoms with Crippen molar-refractivity contribution >= 4 is 21.4 Å². The van der Waals surface area contributed by atoms with Crippen molar-refractivity contribution in [2.75, 3.05) is 14.2 Å². The Morgan fingerprint density at radius 1 is 1.12 bits per heavy atom. The molecule has 0 unspecified atom stereocenters. The fourth-order valence-electron chi connectivity index (χ4n) is 3.24. The molecule has 0 saturated heterocycles. The molecular formula is C20H16N2O3S. The average molecular weight is 364 g/mol. The summed E-state index contributed by atoms with van der Waals surface area (Å²) < 4.78 is 17.7. The van der Waals surface area contributed by atoms with Crippen molar-refractivity contribution in [1.29, 1.82) is 5.26 Å². The Balaban J connectivity index is 1.96. The second-order valence-corrected chi connectivity index (χ2v) is 6.91. The van der Waals surface area contributed by atoms with Gasteiger partial charge in [-0.2, -0.15) is 5.26 Å².